The Morgan fingerprint density at radius 3 is 2.33 bits per heavy atom. The first kappa shape index (κ1) is 11.9. The first-order valence-electron chi connectivity index (χ1n) is 4.84. The van der Waals surface area contributed by atoms with Crippen LogP contribution in [0.3, 0.4) is 0 Å². The van der Waals surface area contributed by atoms with Gasteiger partial charge in [0.2, 0.25) is 5.88 Å². The van der Waals surface area contributed by atoms with E-state index in [0.29, 0.717) is 5.56 Å². The lowest BCUT2D eigenvalue weighted by molar-refractivity contribution is -0.0534. The van der Waals surface area contributed by atoms with E-state index in [1.54, 1.807) is 13.1 Å². The molecular formula is C11H15F2NO. The van der Waals surface area contributed by atoms with Crippen molar-refractivity contribution in [3.8, 4) is 5.88 Å². The number of rotatable bonds is 3. The van der Waals surface area contributed by atoms with Crippen LogP contribution in [0.25, 0.3) is 0 Å². The molecule has 4 heteroatoms. The molecule has 84 valence electrons. The van der Waals surface area contributed by atoms with Gasteiger partial charge in [-0.3, -0.25) is 0 Å². The Morgan fingerprint density at radius 2 is 1.87 bits per heavy atom. The van der Waals surface area contributed by atoms with E-state index in [1.165, 1.54) is 0 Å². The van der Waals surface area contributed by atoms with Crippen molar-refractivity contribution in [3.05, 3.63) is 22.9 Å². The van der Waals surface area contributed by atoms with E-state index in [1.807, 2.05) is 20.8 Å². The maximum atomic E-state index is 12.1. The molecule has 1 heterocycles. The number of pyridine rings is 1. The van der Waals surface area contributed by atoms with Gasteiger partial charge in [-0.05, 0) is 30.9 Å². The van der Waals surface area contributed by atoms with Gasteiger partial charge in [-0.15, -0.1) is 0 Å². The van der Waals surface area contributed by atoms with Crippen LogP contribution in [-0.4, -0.2) is 11.6 Å². The van der Waals surface area contributed by atoms with Gasteiger partial charge >= 0.3 is 6.61 Å². The number of ether oxygens (including phenoxy) is 1. The SMILES string of the molecule is Cc1cnc(OC(F)F)c(C)c1C(C)C. The summed E-state index contributed by atoms with van der Waals surface area (Å²) in [6.45, 7) is 4.89. The molecule has 1 aromatic heterocycles. The normalized spacial score (nSPS) is 11.2. The summed E-state index contributed by atoms with van der Waals surface area (Å²) in [5.74, 6) is 0.298. The highest BCUT2D eigenvalue weighted by Gasteiger charge is 2.15. The summed E-state index contributed by atoms with van der Waals surface area (Å²) in [5.41, 5.74) is 2.73. The van der Waals surface area contributed by atoms with Gasteiger partial charge in [-0.1, -0.05) is 13.8 Å². The fourth-order valence-electron chi connectivity index (χ4n) is 1.82. The molecule has 2 nitrogen and oxygen atoms in total. The largest absolute Gasteiger partial charge is 0.417 e. The second-order valence-corrected chi connectivity index (χ2v) is 3.82. The van der Waals surface area contributed by atoms with Crippen molar-refractivity contribution in [1.82, 2.24) is 4.98 Å². The molecule has 0 N–H and O–H groups in total. The molecule has 0 amide bonds. The van der Waals surface area contributed by atoms with E-state index in [0.717, 1.165) is 11.1 Å². The van der Waals surface area contributed by atoms with Crippen molar-refractivity contribution in [2.45, 2.75) is 40.2 Å². The first-order valence-corrected chi connectivity index (χ1v) is 4.84. The number of aryl methyl sites for hydroxylation is 1. The molecule has 0 bridgehead atoms. The van der Waals surface area contributed by atoms with Crippen LogP contribution >= 0.6 is 0 Å². The topological polar surface area (TPSA) is 22.1 Å². The number of halogens is 2. The Kier molecular flexibility index (Phi) is 3.61. The van der Waals surface area contributed by atoms with Gasteiger partial charge in [-0.25, -0.2) is 4.98 Å². The third kappa shape index (κ3) is 2.64. The van der Waals surface area contributed by atoms with Crippen LogP contribution in [0.15, 0.2) is 6.20 Å². The molecule has 0 aliphatic heterocycles. The standard InChI is InChI=1S/C11H15F2NO/c1-6(2)9-7(3)5-14-10(8(9)4)15-11(12)13/h5-6,11H,1-4H3. The predicted octanol–water partition coefficient (Wildman–Crippen LogP) is 3.42. The average molecular weight is 215 g/mol. The van der Waals surface area contributed by atoms with Gasteiger partial charge in [0.25, 0.3) is 0 Å². The van der Waals surface area contributed by atoms with E-state index < -0.39 is 6.61 Å². The molecule has 1 aromatic rings. The number of aromatic nitrogens is 1. The van der Waals surface area contributed by atoms with Gasteiger partial charge in [0.15, 0.2) is 0 Å². The Bertz CT molecular complexity index is 351. The van der Waals surface area contributed by atoms with Crippen LogP contribution in [0.2, 0.25) is 0 Å². The van der Waals surface area contributed by atoms with Crippen molar-refractivity contribution in [2.24, 2.45) is 0 Å². The highest BCUT2D eigenvalue weighted by molar-refractivity contribution is 5.40. The molecular weight excluding hydrogens is 200 g/mol. The monoisotopic (exact) mass is 215 g/mol. The lowest BCUT2D eigenvalue weighted by Crippen LogP contribution is -2.08. The van der Waals surface area contributed by atoms with E-state index in [2.05, 4.69) is 9.72 Å². The Labute approximate surface area is 88.3 Å². The summed E-state index contributed by atoms with van der Waals surface area (Å²) >= 11 is 0. The average Bonchev–Trinajstić information content (AvgIpc) is 2.09. The van der Waals surface area contributed by atoms with Crippen LogP contribution in [-0.2, 0) is 0 Å². The molecule has 0 atom stereocenters. The van der Waals surface area contributed by atoms with Gasteiger partial charge in [-0.2, -0.15) is 8.78 Å². The summed E-state index contributed by atoms with van der Waals surface area (Å²) < 4.78 is 28.5. The van der Waals surface area contributed by atoms with Crippen LogP contribution in [0.4, 0.5) is 8.78 Å². The van der Waals surface area contributed by atoms with E-state index in [-0.39, 0.29) is 11.8 Å². The fraction of sp³-hybridized carbons (Fsp3) is 0.545. The molecule has 0 unspecified atom stereocenters. The molecule has 0 spiro atoms. The number of alkyl halides is 2. The van der Waals surface area contributed by atoms with Crippen LogP contribution in [0.1, 0.15) is 36.5 Å². The summed E-state index contributed by atoms with van der Waals surface area (Å²) in [6, 6.07) is 0. The van der Waals surface area contributed by atoms with Gasteiger partial charge in [0.05, 0.1) is 0 Å². The summed E-state index contributed by atoms with van der Waals surface area (Å²) in [4.78, 5) is 3.86. The molecule has 1 rings (SSSR count). The minimum absolute atomic E-state index is 0.0271. The summed E-state index contributed by atoms with van der Waals surface area (Å²) in [6.07, 6.45) is 1.57. The molecule has 0 saturated heterocycles. The molecule has 0 radical (unpaired) electrons. The van der Waals surface area contributed by atoms with Gasteiger partial charge in [0.1, 0.15) is 0 Å². The molecule has 15 heavy (non-hydrogen) atoms. The van der Waals surface area contributed by atoms with Gasteiger partial charge < -0.3 is 4.74 Å². The number of hydrogen-bond donors (Lipinski definition) is 0. The fourth-order valence-corrected chi connectivity index (χ4v) is 1.82. The van der Waals surface area contributed by atoms with Crippen molar-refractivity contribution < 1.29 is 13.5 Å². The van der Waals surface area contributed by atoms with E-state index in [9.17, 15) is 8.78 Å². The summed E-state index contributed by atoms with van der Waals surface area (Å²) in [7, 11) is 0. The van der Waals surface area contributed by atoms with Crippen molar-refractivity contribution in [2.75, 3.05) is 0 Å². The predicted molar refractivity (Wildman–Crippen MR) is 54.4 cm³/mol. The zero-order valence-corrected chi connectivity index (χ0v) is 9.34. The second kappa shape index (κ2) is 4.55. The lowest BCUT2D eigenvalue weighted by atomic mass is 9.95. The second-order valence-electron chi connectivity index (χ2n) is 3.82. The maximum Gasteiger partial charge on any atom is 0.388 e. The van der Waals surface area contributed by atoms with E-state index >= 15 is 0 Å². The number of nitrogens with zero attached hydrogens (tertiary/aromatic N) is 1. The van der Waals surface area contributed by atoms with Crippen molar-refractivity contribution >= 4 is 0 Å². The summed E-state index contributed by atoms with van der Waals surface area (Å²) in [5, 5.41) is 0. The maximum absolute atomic E-state index is 12.1. The first-order chi connectivity index (χ1) is 6.93. The quantitative estimate of drug-likeness (QED) is 0.770. The molecule has 0 aliphatic carbocycles. The third-order valence-electron chi connectivity index (χ3n) is 2.30. The Morgan fingerprint density at radius 1 is 1.27 bits per heavy atom. The highest BCUT2D eigenvalue weighted by Crippen LogP contribution is 2.28. The zero-order chi connectivity index (χ0) is 11.6. The van der Waals surface area contributed by atoms with Crippen LogP contribution in [0, 0.1) is 13.8 Å². The Balaban J connectivity index is 3.16. The minimum Gasteiger partial charge on any atom is -0.417 e. The molecule has 0 fully saturated rings. The molecule has 0 aliphatic rings. The van der Waals surface area contributed by atoms with Gasteiger partial charge in [0, 0.05) is 11.8 Å². The molecule has 0 aromatic carbocycles. The minimum atomic E-state index is -2.82. The highest BCUT2D eigenvalue weighted by atomic mass is 19.3. The van der Waals surface area contributed by atoms with Crippen LogP contribution < -0.4 is 4.74 Å². The Hall–Kier alpha value is -1.19. The number of hydrogen-bond acceptors (Lipinski definition) is 2. The zero-order valence-electron chi connectivity index (χ0n) is 9.34. The van der Waals surface area contributed by atoms with Crippen molar-refractivity contribution in [3.63, 3.8) is 0 Å². The smallest absolute Gasteiger partial charge is 0.388 e. The van der Waals surface area contributed by atoms with Crippen LogP contribution in [0.5, 0.6) is 5.88 Å². The molecule has 0 saturated carbocycles. The third-order valence-corrected chi connectivity index (χ3v) is 2.30. The van der Waals surface area contributed by atoms with E-state index in [4.69, 9.17) is 0 Å². The lowest BCUT2D eigenvalue weighted by Gasteiger charge is -2.16. The van der Waals surface area contributed by atoms with Crippen molar-refractivity contribution in [1.29, 1.82) is 0 Å².